The Labute approximate surface area is 229 Å². The van der Waals surface area contributed by atoms with Crippen molar-refractivity contribution in [2.24, 2.45) is 0 Å². The normalized spacial score (nSPS) is 18.9. The van der Waals surface area contributed by atoms with Crippen molar-refractivity contribution >= 4 is 34.9 Å². The number of rotatable bonds is 9. The number of piperazine rings is 1. The van der Waals surface area contributed by atoms with Crippen molar-refractivity contribution in [2.45, 2.75) is 31.8 Å². The van der Waals surface area contributed by atoms with Gasteiger partial charge >= 0.3 is 0 Å². The molecule has 3 heterocycles. The van der Waals surface area contributed by atoms with Crippen LogP contribution in [0.15, 0.2) is 55.3 Å². The summed E-state index contributed by atoms with van der Waals surface area (Å²) in [5.41, 5.74) is 3.08. The molecule has 2 aromatic heterocycles. The molecule has 1 aliphatic heterocycles. The number of nitrogens with zero attached hydrogens (tertiary/aromatic N) is 5. The minimum Gasteiger partial charge on any atom is -0.384 e. The Morgan fingerprint density at radius 3 is 2.59 bits per heavy atom. The summed E-state index contributed by atoms with van der Waals surface area (Å²) in [4.78, 5) is 31.3. The van der Waals surface area contributed by atoms with Crippen molar-refractivity contribution in [3.63, 3.8) is 0 Å². The van der Waals surface area contributed by atoms with Crippen LogP contribution >= 0.6 is 0 Å². The van der Waals surface area contributed by atoms with E-state index in [1.807, 2.05) is 31.2 Å². The Hall–Kier alpha value is -4.02. The molecule has 1 atom stereocenters. The van der Waals surface area contributed by atoms with Crippen LogP contribution in [0.25, 0.3) is 0 Å². The Bertz CT molecular complexity index is 1340. The first-order valence-electron chi connectivity index (χ1n) is 13.4. The maximum atomic E-state index is 12.9. The van der Waals surface area contributed by atoms with Crippen molar-refractivity contribution < 1.29 is 9.90 Å². The van der Waals surface area contributed by atoms with Crippen molar-refractivity contribution in [1.82, 2.24) is 25.2 Å². The number of aromatic nitrogens is 3. The second-order valence-electron chi connectivity index (χ2n) is 10.1. The van der Waals surface area contributed by atoms with Gasteiger partial charge in [0.1, 0.15) is 22.8 Å². The van der Waals surface area contributed by atoms with Gasteiger partial charge in [-0.25, -0.2) is 9.97 Å². The van der Waals surface area contributed by atoms with Crippen LogP contribution in [0.4, 0.5) is 29.0 Å². The molecule has 0 saturated carbocycles. The maximum Gasteiger partial charge on any atom is 0.256 e. The topological polar surface area (TPSA) is 119 Å². The lowest BCUT2D eigenvalue weighted by molar-refractivity contribution is 0.0307. The summed E-state index contributed by atoms with van der Waals surface area (Å²) in [6.45, 7) is 10.0. The molecule has 0 radical (unpaired) electrons. The molecule has 3 aromatic rings. The fourth-order valence-electron chi connectivity index (χ4n) is 5.00. The SMILES string of the molecule is C=CCNC(=O)c1cnc(Nc2ccc(N3CCN(C)CC3)cc2)nc1Nc1ccc2c(n1)C(O)(CC)CC2. The molecule has 1 aromatic carbocycles. The van der Waals surface area contributed by atoms with Gasteiger partial charge in [0.2, 0.25) is 5.95 Å². The molecule has 39 heavy (non-hydrogen) atoms. The largest absolute Gasteiger partial charge is 0.384 e. The van der Waals surface area contributed by atoms with Crippen LogP contribution in [0.2, 0.25) is 0 Å². The van der Waals surface area contributed by atoms with Crippen LogP contribution in [0, 0.1) is 0 Å². The van der Waals surface area contributed by atoms with E-state index >= 15 is 0 Å². The van der Waals surface area contributed by atoms with Crippen LogP contribution in [0.5, 0.6) is 0 Å². The molecular formula is C29H36N8O2. The zero-order valence-corrected chi connectivity index (χ0v) is 22.6. The van der Waals surface area contributed by atoms with E-state index in [0.29, 0.717) is 42.7 Å². The van der Waals surface area contributed by atoms with Gasteiger partial charge in [0.15, 0.2) is 0 Å². The zero-order valence-electron chi connectivity index (χ0n) is 22.6. The highest BCUT2D eigenvalue weighted by molar-refractivity contribution is 5.99. The molecule has 10 nitrogen and oxygen atoms in total. The maximum absolute atomic E-state index is 12.9. The number of hydrogen-bond donors (Lipinski definition) is 4. The third-order valence-electron chi connectivity index (χ3n) is 7.49. The third-order valence-corrected chi connectivity index (χ3v) is 7.49. The summed E-state index contributed by atoms with van der Waals surface area (Å²) in [6, 6.07) is 12.0. The summed E-state index contributed by atoms with van der Waals surface area (Å²) >= 11 is 0. The number of anilines is 5. The summed E-state index contributed by atoms with van der Waals surface area (Å²) in [7, 11) is 2.15. The molecule has 1 unspecified atom stereocenters. The lowest BCUT2D eigenvalue weighted by Crippen LogP contribution is -2.44. The van der Waals surface area contributed by atoms with E-state index in [9.17, 15) is 9.90 Å². The molecule has 5 rings (SSSR count). The fourth-order valence-corrected chi connectivity index (χ4v) is 5.00. The monoisotopic (exact) mass is 528 g/mol. The first-order chi connectivity index (χ1) is 18.9. The van der Waals surface area contributed by atoms with Gasteiger partial charge in [-0.1, -0.05) is 19.1 Å². The summed E-state index contributed by atoms with van der Waals surface area (Å²) in [5.74, 6) is 0.832. The summed E-state index contributed by atoms with van der Waals surface area (Å²) < 4.78 is 0. The van der Waals surface area contributed by atoms with Gasteiger partial charge in [0.25, 0.3) is 5.91 Å². The Kier molecular flexibility index (Phi) is 7.76. The number of carbonyl (C=O) groups is 1. The predicted octanol–water partition coefficient (Wildman–Crippen LogP) is 3.57. The standard InChI is InChI=1S/C29H36N8O2/c1-4-14-30-27(38)23-19-31-28(32-21-7-9-22(10-8-21)37-17-15-36(3)16-18-37)35-26(23)34-24-11-6-20-12-13-29(39,5-2)25(20)33-24/h4,6-11,19,39H,1,5,12-18H2,2-3H3,(H,30,38)(H2,31,32,33,34,35). The number of hydrogen-bond acceptors (Lipinski definition) is 9. The Morgan fingerprint density at radius 1 is 1.10 bits per heavy atom. The summed E-state index contributed by atoms with van der Waals surface area (Å²) in [6.07, 6.45) is 5.13. The van der Waals surface area contributed by atoms with E-state index in [1.165, 1.54) is 11.9 Å². The van der Waals surface area contributed by atoms with Gasteiger partial charge in [-0.2, -0.15) is 4.98 Å². The molecule has 1 amide bonds. The Balaban J connectivity index is 1.38. The fraction of sp³-hybridized carbons (Fsp3) is 0.379. The van der Waals surface area contributed by atoms with Crippen LogP contribution in [-0.2, 0) is 12.0 Å². The molecule has 1 fully saturated rings. The molecule has 0 spiro atoms. The number of pyridine rings is 1. The van der Waals surface area contributed by atoms with Crippen molar-refractivity contribution in [1.29, 1.82) is 0 Å². The highest BCUT2D eigenvalue weighted by Crippen LogP contribution is 2.39. The molecule has 204 valence electrons. The highest BCUT2D eigenvalue weighted by atomic mass is 16.3. The van der Waals surface area contributed by atoms with E-state index in [-0.39, 0.29) is 11.5 Å². The van der Waals surface area contributed by atoms with E-state index in [0.717, 1.165) is 43.9 Å². The number of aliphatic hydroxyl groups is 1. The lowest BCUT2D eigenvalue weighted by Gasteiger charge is -2.34. The van der Waals surface area contributed by atoms with Crippen LogP contribution in [0.1, 0.15) is 41.4 Å². The van der Waals surface area contributed by atoms with E-state index < -0.39 is 5.60 Å². The van der Waals surface area contributed by atoms with Gasteiger partial charge in [-0.3, -0.25) is 4.79 Å². The first-order valence-corrected chi connectivity index (χ1v) is 13.4. The molecular weight excluding hydrogens is 492 g/mol. The number of benzene rings is 1. The minimum absolute atomic E-state index is 0.279. The van der Waals surface area contributed by atoms with Gasteiger partial charge in [-0.05, 0) is 62.2 Å². The lowest BCUT2D eigenvalue weighted by atomic mass is 9.98. The number of aryl methyl sites for hydroxylation is 1. The van der Waals surface area contributed by atoms with Crippen molar-refractivity contribution in [3.8, 4) is 0 Å². The van der Waals surface area contributed by atoms with Gasteiger partial charge in [0, 0.05) is 50.3 Å². The Morgan fingerprint density at radius 2 is 1.87 bits per heavy atom. The quantitative estimate of drug-likeness (QED) is 0.309. The number of likely N-dealkylation sites (N-methyl/N-ethyl adjacent to an activating group) is 1. The van der Waals surface area contributed by atoms with Crippen LogP contribution in [-0.4, -0.2) is 70.6 Å². The van der Waals surface area contributed by atoms with E-state index in [4.69, 9.17) is 4.98 Å². The average molecular weight is 529 g/mol. The van der Waals surface area contributed by atoms with Crippen LogP contribution < -0.4 is 20.9 Å². The summed E-state index contributed by atoms with van der Waals surface area (Å²) in [5, 5.41) is 20.2. The van der Waals surface area contributed by atoms with E-state index in [1.54, 1.807) is 6.08 Å². The van der Waals surface area contributed by atoms with Gasteiger partial charge in [-0.15, -0.1) is 6.58 Å². The number of carbonyl (C=O) groups excluding carboxylic acids is 1. The number of nitrogens with one attached hydrogen (secondary N) is 3. The minimum atomic E-state index is -0.939. The average Bonchev–Trinajstić information content (AvgIpc) is 3.29. The highest BCUT2D eigenvalue weighted by Gasteiger charge is 2.36. The van der Waals surface area contributed by atoms with E-state index in [2.05, 4.69) is 61.5 Å². The van der Waals surface area contributed by atoms with Crippen molar-refractivity contribution in [2.75, 3.05) is 55.3 Å². The predicted molar refractivity (Wildman–Crippen MR) is 154 cm³/mol. The molecule has 4 N–H and O–H groups in total. The van der Waals surface area contributed by atoms with Crippen LogP contribution in [0.3, 0.4) is 0 Å². The number of fused-ring (bicyclic) bond motifs is 1. The molecule has 0 bridgehead atoms. The smallest absolute Gasteiger partial charge is 0.256 e. The number of amides is 1. The van der Waals surface area contributed by atoms with Crippen molar-refractivity contribution in [3.05, 3.63) is 72.1 Å². The van der Waals surface area contributed by atoms with Gasteiger partial charge < -0.3 is 30.9 Å². The molecule has 2 aliphatic rings. The van der Waals surface area contributed by atoms with Gasteiger partial charge in [0.05, 0.1) is 5.69 Å². The molecule has 10 heteroatoms. The zero-order chi connectivity index (χ0) is 27.4. The molecule has 1 saturated heterocycles. The second kappa shape index (κ2) is 11.4. The third kappa shape index (κ3) is 5.86. The first kappa shape index (κ1) is 26.6. The molecule has 1 aliphatic carbocycles. The second-order valence-corrected chi connectivity index (χ2v) is 10.1.